The van der Waals surface area contributed by atoms with E-state index in [1.165, 1.54) is 12.1 Å². The molecule has 3 heteroatoms. The fourth-order valence-electron chi connectivity index (χ4n) is 1.78. The highest BCUT2D eigenvalue weighted by atomic mass is 19.1. The van der Waals surface area contributed by atoms with E-state index in [-0.39, 0.29) is 17.5 Å². The zero-order valence-electron chi connectivity index (χ0n) is 9.45. The van der Waals surface area contributed by atoms with Crippen LogP contribution in [0.3, 0.4) is 0 Å². The van der Waals surface area contributed by atoms with E-state index in [1.54, 1.807) is 6.07 Å². The van der Waals surface area contributed by atoms with Crippen molar-refractivity contribution >= 4 is 11.5 Å². The van der Waals surface area contributed by atoms with Crippen LogP contribution in [0.15, 0.2) is 24.3 Å². The van der Waals surface area contributed by atoms with Gasteiger partial charge in [0.05, 0.1) is 6.54 Å². The van der Waals surface area contributed by atoms with Crippen molar-refractivity contribution in [1.29, 1.82) is 0 Å². The lowest BCUT2D eigenvalue weighted by atomic mass is 10.2. The number of hydrogen-bond acceptors (Lipinski definition) is 2. The molecule has 2 rings (SSSR count). The predicted molar refractivity (Wildman–Crippen MR) is 62.0 cm³/mol. The molecule has 0 aliphatic heterocycles. The van der Waals surface area contributed by atoms with E-state index in [0.717, 1.165) is 25.1 Å². The number of benzene rings is 1. The molecule has 1 aromatic rings. The minimum atomic E-state index is -0.255. The Kier molecular flexibility index (Phi) is 3.22. The van der Waals surface area contributed by atoms with Gasteiger partial charge in [-0.05, 0) is 38.0 Å². The fraction of sp³-hybridized carbons (Fsp3) is 0.462. The molecule has 0 aromatic heterocycles. The molecular formula is C13H16FNO. The summed E-state index contributed by atoms with van der Waals surface area (Å²) in [6, 6.07) is 6.41. The van der Waals surface area contributed by atoms with Gasteiger partial charge in [0.15, 0.2) is 5.78 Å². The molecule has 1 aliphatic carbocycles. The van der Waals surface area contributed by atoms with Crippen molar-refractivity contribution in [2.75, 3.05) is 18.0 Å². The fourth-order valence-corrected chi connectivity index (χ4v) is 1.78. The van der Waals surface area contributed by atoms with E-state index < -0.39 is 0 Å². The molecule has 1 aliphatic rings. The molecule has 0 heterocycles. The molecule has 86 valence electrons. The summed E-state index contributed by atoms with van der Waals surface area (Å²) in [6.45, 7) is 3.11. The van der Waals surface area contributed by atoms with Crippen LogP contribution >= 0.6 is 0 Å². The smallest absolute Gasteiger partial charge is 0.155 e. The molecule has 2 nitrogen and oxygen atoms in total. The maximum atomic E-state index is 13.1. The zero-order chi connectivity index (χ0) is 11.5. The van der Waals surface area contributed by atoms with Crippen LogP contribution in [0.1, 0.15) is 19.8 Å². The Bertz CT molecular complexity index is 387. The highest BCUT2D eigenvalue weighted by molar-refractivity contribution is 5.87. The Morgan fingerprint density at radius 3 is 2.81 bits per heavy atom. The van der Waals surface area contributed by atoms with Crippen molar-refractivity contribution < 1.29 is 9.18 Å². The van der Waals surface area contributed by atoms with Crippen LogP contribution in [0.5, 0.6) is 0 Å². The molecule has 0 amide bonds. The number of likely N-dealkylation sites (N-methyl/N-ethyl adjacent to an activating group) is 1. The quantitative estimate of drug-likeness (QED) is 0.761. The van der Waals surface area contributed by atoms with Crippen LogP contribution in [0.25, 0.3) is 0 Å². The van der Waals surface area contributed by atoms with Crippen molar-refractivity contribution in [2.24, 2.45) is 5.92 Å². The molecule has 0 N–H and O–H groups in total. The Morgan fingerprint density at radius 2 is 2.25 bits per heavy atom. The highest BCUT2D eigenvalue weighted by Crippen LogP contribution is 2.30. The van der Waals surface area contributed by atoms with Crippen LogP contribution in [-0.4, -0.2) is 18.9 Å². The first kappa shape index (κ1) is 11.1. The Labute approximate surface area is 95.1 Å². The maximum Gasteiger partial charge on any atom is 0.155 e. The first-order chi connectivity index (χ1) is 7.70. The average Bonchev–Trinajstić information content (AvgIpc) is 3.09. The summed E-state index contributed by atoms with van der Waals surface area (Å²) in [5.74, 6) is 0.295. The van der Waals surface area contributed by atoms with E-state index >= 15 is 0 Å². The van der Waals surface area contributed by atoms with E-state index in [2.05, 4.69) is 0 Å². The average molecular weight is 221 g/mol. The molecule has 0 unspecified atom stereocenters. The minimum Gasteiger partial charge on any atom is -0.364 e. The molecule has 16 heavy (non-hydrogen) atoms. The first-order valence-electron chi connectivity index (χ1n) is 5.74. The van der Waals surface area contributed by atoms with Crippen LogP contribution < -0.4 is 4.90 Å². The Morgan fingerprint density at radius 1 is 1.50 bits per heavy atom. The van der Waals surface area contributed by atoms with E-state index in [4.69, 9.17) is 0 Å². The molecule has 0 spiro atoms. The van der Waals surface area contributed by atoms with Crippen LogP contribution in [0.2, 0.25) is 0 Å². The third kappa shape index (κ3) is 2.60. The standard InChI is InChI=1S/C13H16FNO/c1-2-15(9-13(16)10-6-7-10)12-5-3-4-11(14)8-12/h3-5,8,10H,2,6-7,9H2,1H3. The van der Waals surface area contributed by atoms with Gasteiger partial charge in [-0.25, -0.2) is 4.39 Å². The topological polar surface area (TPSA) is 20.3 Å². The number of anilines is 1. The van der Waals surface area contributed by atoms with Gasteiger partial charge in [0.1, 0.15) is 5.82 Å². The molecule has 1 aromatic carbocycles. The molecule has 0 saturated heterocycles. The molecule has 0 atom stereocenters. The summed E-state index contributed by atoms with van der Waals surface area (Å²) in [5.41, 5.74) is 0.788. The van der Waals surface area contributed by atoms with E-state index in [9.17, 15) is 9.18 Å². The summed E-state index contributed by atoms with van der Waals surface area (Å²) in [4.78, 5) is 13.6. The summed E-state index contributed by atoms with van der Waals surface area (Å²) >= 11 is 0. The minimum absolute atomic E-state index is 0.255. The van der Waals surface area contributed by atoms with Gasteiger partial charge in [-0.1, -0.05) is 6.07 Å². The molecule has 0 bridgehead atoms. The number of nitrogens with zero attached hydrogens (tertiary/aromatic N) is 1. The highest BCUT2D eigenvalue weighted by Gasteiger charge is 2.30. The number of hydrogen-bond donors (Lipinski definition) is 0. The number of halogens is 1. The van der Waals surface area contributed by atoms with Crippen molar-refractivity contribution in [3.8, 4) is 0 Å². The second-order valence-electron chi connectivity index (χ2n) is 4.23. The number of carbonyl (C=O) groups is 1. The number of Topliss-reactive ketones (excluding diaryl/α,β-unsaturated/α-hetero) is 1. The van der Waals surface area contributed by atoms with Crippen LogP contribution in [-0.2, 0) is 4.79 Å². The Hall–Kier alpha value is -1.38. The lowest BCUT2D eigenvalue weighted by Gasteiger charge is -2.22. The summed E-state index contributed by atoms with van der Waals surface area (Å²) < 4.78 is 13.1. The normalized spacial score (nSPS) is 14.9. The van der Waals surface area contributed by atoms with Gasteiger partial charge in [0.2, 0.25) is 0 Å². The van der Waals surface area contributed by atoms with Crippen molar-refractivity contribution in [3.63, 3.8) is 0 Å². The molecule has 1 saturated carbocycles. The summed E-state index contributed by atoms with van der Waals surface area (Å²) in [6.07, 6.45) is 2.05. The van der Waals surface area contributed by atoms with Gasteiger partial charge < -0.3 is 4.90 Å². The van der Waals surface area contributed by atoms with Crippen LogP contribution in [0, 0.1) is 11.7 Å². The van der Waals surface area contributed by atoms with E-state index in [1.807, 2.05) is 17.9 Å². The predicted octanol–water partition coefficient (Wildman–Crippen LogP) is 2.63. The number of ketones is 1. The largest absolute Gasteiger partial charge is 0.364 e. The molecule has 1 fully saturated rings. The first-order valence-corrected chi connectivity index (χ1v) is 5.74. The Balaban J connectivity index is 2.06. The van der Waals surface area contributed by atoms with Gasteiger partial charge in [-0.3, -0.25) is 4.79 Å². The maximum absolute atomic E-state index is 13.1. The van der Waals surface area contributed by atoms with Crippen molar-refractivity contribution in [1.82, 2.24) is 0 Å². The van der Waals surface area contributed by atoms with Gasteiger partial charge in [0.25, 0.3) is 0 Å². The third-order valence-corrected chi connectivity index (χ3v) is 2.93. The third-order valence-electron chi connectivity index (χ3n) is 2.93. The molecular weight excluding hydrogens is 205 g/mol. The number of carbonyl (C=O) groups excluding carboxylic acids is 1. The SMILES string of the molecule is CCN(CC(=O)C1CC1)c1cccc(F)c1. The van der Waals surface area contributed by atoms with Gasteiger partial charge in [0, 0.05) is 18.2 Å². The van der Waals surface area contributed by atoms with Gasteiger partial charge in [-0.15, -0.1) is 0 Å². The lowest BCUT2D eigenvalue weighted by molar-refractivity contribution is -0.118. The molecule has 0 radical (unpaired) electrons. The summed E-state index contributed by atoms with van der Waals surface area (Å²) in [7, 11) is 0. The van der Waals surface area contributed by atoms with Crippen molar-refractivity contribution in [2.45, 2.75) is 19.8 Å². The van der Waals surface area contributed by atoms with Gasteiger partial charge in [-0.2, -0.15) is 0 Å². The summed E-state index contributed by atoms with van der Waals surface area (Å²) in [5, 5.41) is 0. The second-order valence-corrected chi connectivity index (χ2v) is 4.23. The zero-order valence-corrected chi connectivity index (χ0v) is 9.45. The van der Waals surface area contributed by atoms with Gasteiger partial charge >= 0.3 is 0 Å². The van der Waals surface area contributed by atoms with E-state index in [0.29, 0.717) is 6.54 Å². The van der Waals surface area contributed by atoms with Crippen LogP contribution in [0.4, 0.5) is 10.1 Å². The number of rotatable bonds is 5. The lowest BCUT2D eigenvalue weighted by Crippen LogP contribution is -2.30. The van der Waals surface area contributed by atoms with Crippen molar-refractivity contribution in [3.05, 3.63) is 30.1 Å². The monoisotopic (exact) mass is 221 g/mol. The second kappa shape index (κ2) is 4.64.